The summed E-state index contributed by atoms with van der Waals surface area (Å²) < 4.78 is 1.84. The van der Waals surface area contributed by atoms with Gasteiger partial charge in [-0.25, -0.2) is 0 Å². The molecule has 0 radical (unpaired) electrons. The molecule has 100 valence electrons. The van der Waals surface area contributed by atoms with Crippen molar-refractivity contribution in [2.45, 2.75) is 19.4 Å². The van der Waals surface area contributed by atoms with Crippen LogP contribution in [0.15, 0.2) is 42.7 Å². The van der Waals surface area contributed by atoms with E-state index in [1.54, 1.807) is 6.20 Å². The maximum atomic E-state index is 11.5. The third kappa shape index (κ3) is 4.22. The first-order valence-electron chi connectivity index (χ1n) is 6.25. The molecule has 0 saturated carbocycles. The number of anilines is 1. The number of carbonyl (C=O) groups excluding carboxylic acids is 1. The lowest BCUT2D eigenvalue weighted by atomic mass is 10.2. The predicted molar refractivity (Wildman–Crippen MR) is 72.7 cm³/mol. The number of aliphatic hydroxyl groups excluding tert-OH is 1. The number of aromatic nitrogens is 2. The Labute approximate surface area is 111 Å². The van der Waals surface area contributed by atoms with Gasteiger partial charge in [0.2, 0.25) is 5.91 Å². The largest absolute Gasteiger partial charge is 0.396 e. The van der Waals surface area contributed by atoms with Crippen molar-refractivity contribution in [1.29, 1.82) is 0 Å². The van der Waals surface area contributed by atoms with Gasteiger partial charge in [0.25, 0.3) is 0 Å². The summed E-state index contributed by atoms with van der Waals surface area (Å²) in [5.41, 5.74) is 1.89. The van der Waals surface area contributed by atoms with Crippen LogP contribution in [0.5, 0.6) is 0 Å². The van der Waals surface area contributed by atoms with E-state index >= 15 is 0 Å². The van der Waals surface area contributed by atoms with Gasteiger partial charge in [-0.15, -0.1) is 0 Å². The molecule has 0 bridgehead atoms. The molecule has 1 heterocycles. The van der Waals surface area contributed by atoms with E-state index in [2.05, 4.69) is 10.4 Å². The minimum atomic E-state index is -0.0751. The average molecular weight is 259 g/mol. The van der Waals surface area contributed by atoms with Crippen LogP contribution in [0.2, 0.25) is 0 Å². The second-order valence-corrected chi connectivity index (χ2v) is 4.28. The molecule has 0 spiro atoms. The van der Waals surface area contributed by atoms with Crippen molar-refractivity contribution >= 4 is 11.6 Å². The van der Waals surface area contributed by atoms with Crippen molar-refractivity contribution in [3.05, 3.63) is 48.3 Å². The van der Waals surface area contributed by atoms with Crippen molar-refractivity contribution in [3.63, 3.8) is 0 Å². The number of aliphatic hydroxyl groups is 1. The van der Waals surface area contributed by atoms with Gasteiger partial charge in [-0.2, -0.15) is 5.10 Å². The van der Waals surface area contributed by atoms with Crippen LogP contribution in [-0.2, 0) is 11.3 Å². The van der Waals surface area contributed by atoms with Crippen LogP contribution in [0, 0.1) is 0 Å². The third-order valence-electron chi connectivity index (χ3n) is 2.70. The minimum absolute atomic E-state index is 0.0379. The summed E-state index contributed by atoms with van der Waals surface area (Å²) in [6.07, 6.45) is 4.48. The monoisotopic (exact) mass is 259 g/mol. The molecule has 0 aliphatic rings. The van der Waals surface area contributed by atoms with Gasteiger partial charge in [-0.1, -0.05) is 12.1 Å². The van der Waals surface area contributed by atoms with Gasteiger partial charge in [-0.05, 0) is 30.2 Å². The molecule has 0 fully saturated rings. The molecule has 1 aromatic carbocycles. The Bertz CT molecular complexity index is 506. The first-order valence-corrected chi connectivity index (χ1v) is 6.25. The van der Waals surface area contributed by atoms with Crippen LogP contribution < -0.4 is 5.32 Å². The van der Waals surface area contributed by atoms with Crippen LogP contribution in [0.3, 0.4) is 0 Å². The Hall–Kier alpha value is -2.14. The lowest BCUT2D eigenvalue weighted by Crippen LogP contribution is -2.11. The van der Waals surface area contributed by atoms with E-state index in [-0.39, 0.29) is 12.5 Å². The number of nitrogens with zero attached hydrogens (tertiary/aromatic N) is 2. The number of hydrogen-bond acceptors (Lipinski definition) is 3. The quantitative estimate of drug-likeness (QED) is 0.828. The standard InChI is InChI=1S/C14H17N3O2/c18-10-1-3-14(19)16-13-6-4-12(5-7-13)11-17-9-2-8-15-17/h2,4-9,18H,1,3,10-11H2,(H,16,19). The van der Waals surface area contributed by atoms with Crippen LogP contribution in [0.25, 0.3) is 0 Å². The molecule has 2 aromatic rings. The molecule has 0 atom stereocenters. The molecule has 1 aromatic heterocycles. The summed E-state index contributed by atoms with van der Waals surface area (Å²) in [7, 11) is 0. The van der Waals surface area contributed by atoms with Gasteiger partial charge in [0.05, 0.1) is 6.54 Å². The molecule has 0 unspecified atom stereocenters. The second-order valence-electron chi connectivity index (χ2n) is 4.28. The predicted octanol–water partition coefficient (Wildman–Crippen LogP) is 1.64. The lowest BCUT2D eigenvalue weighted by molar-refractivity contribution is -0.116. The Morgan fingerprint density at radius 1 is 1.32 bits per heavy atom. The molecular weight excluding hydrogens is 242 g/mol. The summed E-state index contributed by atoms with van der Waals surface area (Å²) in [4.78, 5) is 11.5. The lowest BCUT2D eigenvalue weighted by Gasteiger charge is -2.06. The summed E-state index contributed by atoms with van der Waals surface area (Å²) in [5, 5.41) is 15.6. The number of benzene rings is 1. The number of carbonyl (C=O) groups is 1. The Balaban J connectivity index is 1.89. The Morgan fingerprint density at radius 2 is 2.11 bits per heavy atom. The van der Waals surface area contributed by atoms with Gasteiger partial charge < -0.3 is 10.4 Å². The van der Waals surface area contributed by atoms with Crippen LogP contribution >= 0.6 is 0 Å². The molecule has 2 N–H and O–H groups in total. The fourth-order valence-corrected chi connectivity index (χ4v) is 1.74. The van der Waals surface area contributed by atoms with Crippen LogP contribution in [-0.4, -0.2) is 27.4 Å². The molecule has 5 heteroatoms. The van der Waals surface area contributed by atoms with E-state index in [0.29, 0.717) is 19.4 Å². The SMILES string of the molecule is O=C(CCCO)Nc1ccc(Cn2cccn2)cc1. The first-order chi connectivity index (χ1) is 9.28. The number of hydrogen-bond donors (Lipinski definition) is 2. The fraction of sp³-hybridized carbons (Fsp3) is 0.286. The van der Waals surface area contributed by atoms with Crippen molar-refractivity contribution in [2.75, 3.05) is 11.9 Å². The van der Waals surface area contributed by atoms with Gasteiger partial charge >= 0.3 is 0 Å². The number of amides is 1. The summed E-state index contributed by atoms with van der Waals surface area (Å²) in [5.74, 6) is -0.0751. The smallest absolute Gasteiger partial charge is 0.224 e. The summed E-state index contributed by atoms with van der Waals surface area (Å²) in [6.45, 7) is 0.752. The van der Waals surface area contributed by atoms with Gasteiger partial charge in [0.1, 0.15) is 0 Å². The number of nitrogens with one attached hydrogen (secondary N) is 1. The average Bonchev–Trinajstić information content (AvgIpc) is 2.91. The molecule has 0 aliphatic carbocycles. The van der Waals surface area contributed by atoms with E-state index in [0.717, 1.165) is 11.3 Å². The molecule has 5 nitrogen and oxygen atoms in total. The van der Waals surface area contributed by atoms with Crippen molar-refractivity contribution < 1.29 is 9.90 Å². The van der Waals surface area contributed by atoms with Gasteiger partial charge in [0.15, 0.2) is 0 Å². The normalized spacial score (nSPS) is 10.4. The summed E-state index contributed by atoms with van der Waals surface area (Å²) in [6, 6.07) is 9.55. The van der Waals surface area contributed by atoms with E-state index < -0.39 is 0 Å². The summed E-state index contributed by atoms with van der Waals surface area (Å²) >= 11 is 0. The molecule has 0 saturated heterocycles. The van der Waals surface area contributed by atoms with Gasteiger partial charge in [-0.3, -0.25) is 9.48 Å². The zero-order valence-corrected chi connectivity index (χ0v) is 10.6. The van der Waals surface area contributed by atoms with E-state index in [1.165, 1.54) is 0 Å². The molecule has 1 amide bonds. The highest BCUT2D eigenvalue weighted by Gasteiger charge is 2.02. The zero-order chi connectivity index (χ0) is 13.5. The Morgan fingerprint density at radius 3 is 2.74 bits per heavy atom. The maximum absolute atomic E-state index is 11.5. The van der Waals surface area contributed by atoms with E-state index in [4.69, 9.17) is 5.11 Å². The van der Waals surface area contributed by atoms with Gasteiger partial charge in [0, 0.05) is 31.1 Å². The van der Waals surface area contributed by atoms with E-state index in [1.807, 2.05) is 41.2 Å². The van der Waals surface area contributed by atoms with Crippen molar-refractivity contribution in [1.82, 2.24) is 9.78 Å². The highest BCUT2D eigenvalue weighted by atomic mass is 16.3. The topological polar surface area (TPSA) is 67.2 Å². The van der Waals surface area contributed by atoms with Crippen LogP contribution in [0.1, 0.15) is 18.4 Å². The minimum Gasteiger partial charge on any atom is -0.396 e. The number of rotatable bonds is 6. The first kappa shape index (κ1) is 13.3. The highest BCUT2D eigenvalue weighted by Crippen LogP contribution is 2.11. The zero-order valence-electron chi connectivity index (χ0n) is 10.6. The molecular formula is C14H17N3O2. The molecule has 0 aliphatic heterocycles. The second kappa shape index (κ2) is 6.70. The van der Waals surface area contributed by atoms with Crippen molar-refractivity contribution in [3.8, 4) is 0 Å². The Kier molecular flexibility index (Phi) is 4.69. The molecule has 19 heavy (non-hydrogen) atoms. The highest BCUT2D eigenvalue weighted by molar-refractivity contribution is 5.90. The van der Waals surface area contributed by atoms with Crippen molar-refractivity contribution in [2.24, 2.45) is 0 Å². The fourth-order valence-electron chi connectivity index (χ4n) is 1.74. The maximum Gasteiger partial charge on any atom is 0.224 e. The van der Waals surface area contributed by atoms with Crippen LogP contribution in [0.4, 0.5) is 5.69 Å². The van der Waals surface area contributed by atoms with E-state index in [9.17, 15) is 4.79 Å². The third-order valence-corrected chi connectivity index (χ3v) is 2.70. The molecule has 2 rings (SSSR count).